The highest BCUT2D eigenvalue weighted by atomic mass is 15.0. The first-order chi connectivity index (χ1) is 23.7. The molecule has 3 aromatic heterocycles. The number of benzene rings is 6. The lowest BCUT2D eigenvalue weighted by Gasteiger charge is -2.18. The van der Waals surface area contributed by atoms with E-state index in [-0.39, 0.29) is 0 Å². The van der Waals surface area contributed by atoms with Crippen molar-refractivity contribution in [2.45, 2.75) is 0 Å². The minimum Gasteiger partial charge on any atom is -0.309 e. The van der Waals surface area contributed by atoms with Gasteiger partial charge in [0.1, 0.15) is 0 Å². The summed E-state index contributed by atoms with van der Waals surface area (Å²) in [6.07, 6.45) is 3.77. The molecule has 6 aromatic carbocycles. The second-order valence-electron chi connectivity index (χ2n) is 11.9. The van der Waals surface area contributed by atoms with Crippen molar-refractivity contribution in [2.24, 2.45) is 0 Å². The zero-order valence-electron chi connectivity index (χ0n) is 25.7. The number of rotatable bonds is 4. The van der Waals surface area contributed by atoms with Crippen molar-refractivity contribution in [3.05, 3.63) is 169 Å². The SMILES string of the molecule is [C-]#[N+]c1ccc2c(c1)c1ccccc1n2-c1ccccc1-c1ccc(C#N)cc1-c1cccc(-n2c3ccccc3c3cnccc32)c1. The van der Waals surface area contributed by atoms with Crippen LogP contribution >= 0.6 is 0 Å². The van der Waals surface area contributed by atoms with Crippen LogP contribution in [-0.2, 0) is 0 Å². The van der Waals surface area contributed by atoms with Crippen LogP contribution in [-0.4, -0.2) is 14.1 Å². The van der Waals surface area contributed by atoms with Crippen LogP contribution in [0.2, 0.25) is 0 Å². The molecule has 5 heteroatoms. The monoisotopic (exact) mass is 611 g/mol. The van der Waals surface area contributed by atoms with Crippen LogP contribution in [0, 0.1) is 17.9 Å². The van der Waals surface area contributed by atoms with Crippen LogP contribution in [0.25, 0.3) is 82.1 Å². The first-order valence-electron chi connectivity index (χ1n) is 15.7. The quantitative estimate of drug-likeness (QED) is 0.186. The molecular weight excluding hydrogens is 587 g/mol. The Balaban J connectivity index is 1.29. The summed E-state index contributed by atoms with van der Waals surface area (Å²) in [5, 5.41) is 14.4. The summed E-state index contributed by atoms with van der Waals surface area (Å²) in [7, 11) is 0. The van der Waals surface area contributed by atoms with E-state index in [1.54, 1.807) is 0 Å². The fourth-order valence-corrected chi connectivity index (χ4v) is 7.18. The maximum atomic E-state index is 10.0. The van der Waals surface area contributed by atoms with Gasteiger partial charge in [-0.15, -0.1) is 0 Å². The van der Waals surface area contributed by atoms with Crippen LogP contribution in [0.3, 0.4) is 0 Å². The third-order valence-corrected chi connectivity index (χ3v) is 9.26. The van der Waals surface area contributed by atoms with Gasteiger partial charge in [-0.25, -0.2) is 4.85 Å². The second kappa shape index (κ2) is 10.8. The minimum atomic E-state index is 0.600. The Morgan fingerprint density at radius 1 is 0.562 bits per heavy atom. The highest BCUT2D eigenvalue weighted by molar-refractivity contribution is 6.11. The molecule has 0 spiro atoms. The average Bonchev–Trinajstić information content (AvgIpc) is 3.67. The molecular formula is C43H25N5. The Kier molecular flexibility index (Phi) is 6.18. The molecule has 0 fully saturated rings. The second-order valence-corrected chi connectivity index (χ2v) is 11.9. The largest absolute Gasteiger partial charge is 0.309 e. The van der Waals surface area contributed by atoms with Gasteiger partial charge in [-0.2, -0.15) is 5.26 Å². The molecule has 5 nitrogen and oxygen atoms in total. The molecule has 0 amide bonds. The van der Waals surface area contributed by atoms with Crippen LogP contribution in [0.5, 0.6) is 0 Å². The van der Waals surface area contributed by atoms with Gasteiger partial charge < -0.3 is 9.13 Å². The first kappa shape index (κ1) is 27.4. The molecule has 0 saturated heterocycles. The van der Waals surface area contributed by atoms with Crippen molar-refractivity contribution in [1.29, 1.82) is 5.26 Å². The van der Waals surface area contributed by atoms with Gasteiger partial charge in [0, 0.05) is 39.8 Å². The smallest absolute Gasteiger partial charge is 0.188 e. The van der Waals surface area contributed by atoms with Crippen LogP contribution in [0.15, 0.2) is 152 Å². The molecule has 48 heavy (non-hydrogen) atoms. The van der Waals surface area contributed by atoms with Crippen molar-refractivity contribution in [3.8, 4) is 39.7 Å². The topological polar surface area (TPSA) is 50.9 Å². The normalized spacial score (nSPS) is 11.3. The number of nitriles is 1. The van der Waals surface area contributed by atoms with E-state index in [1.807, 2.05) is 48.8 Å². The predicted octanol–water partition coefficient (Wildman–Crippen LogP) is 11.0. The number of nitrogens with zero attached hydrogens (tertiary/aromatic N) is 5. The van der Waals surface area contributed by atoms with E-state index in [0.717, 1.165) is 77.2 Å². The molecule has 0 radical (unpaired) electrons. The van der Waals surface area contributed by atoms with Crippen molar-refractivity contribution in [2.75, 3.05) is 0 Å². The summed E-state index contributed by atoms with van der Waals surface area (Å²) in [4.78, 5) is 8.12. The third-order valence-electron chi connectivity index (χ3n) is 9.26. The van der Waals surface area contributed by atoms with E-state index in [2.05, 4.69) is 128 Å². The van der Waals surface area contributed by atoms with E-state index >= 15 is 0 Å². The Morgan fingerprint density at radius 2 is 1.29 bits per heavy atom. The Bertz CT molecular complexity index is 2770. The fraction of sp³-hybridized carbons (Fsp3) is 0. The van der Waals surface area contributed by atoms with Crippen molar-refractivity contribution in [3.63, 3.8) is 0 Å². The van der Waals surface area contributed by atoms with Gasteiger partial charge in [-0.1, -0.05) is 78.9 Å². The zero-order chi connectivity index (χ0) is 32.2. The van der Waals surface area contributed by atoms with E-state index in [9.17, 15) is 5.26 Å². The number of fused-ring (bicyclic) bond motifs is 6. The molecule has 0 unspecified atom stereocenters. The molecule has 9 rings (SSSR count). The van der Waals surface area contributed by atoms with E-state index in [0.29, 0.717) is 11.3 Å². The molecule has 9 aromatic rings. The van der Waals surface area contributed by atoms with Crippen molar-refractivity contribution < 1.29 is 0 Å². The van der Waals surface area contributed by atoms with E-state index in [1.165, 1.54) is 0 Å². The van der Waals surface area contributed by atoms with Gasteiger partial charge in [-0.3, -0.25) is 4.98 Å². The highest BCUT2D eigenvalue weighted by Gasteiger charge is 2.19. The van der Waals surface area contributed by atoms with E-state index in [4.69, 9.17) is 6.57 Å². The predicted molar refractivity (Wildman–Crippen MR) is 195 cm³/mol. The van der Waals surface area contributed by atoms with Crippen molar-refractivity contribution in [1.82, 2.24) is 14.1 Å². The van der Waals surface area contributed by atoms with Gasteiger partial charge in [0.15, 0.2) is 5.69 Å². The summed E-state index contributed by atoms with van der Waals surface area (Å²) in [5.41, 5.74) is 11.6. The van der Waals surface area contributed by atoms with Gasteiger partial charge in [0.05, 0.1) is 46.0 Å². The standard InChI is InChI=1S/C43H25N5/c1-45-30-18-20-42-37(25-30)34-12-3-7-16-41(34)48(42)40-15-6-2-11-33(40)32-19-17-28(26-44)23-36(32)29-9-8-10-31(24-29)47-39-14-5-4-13-35(39)38-27-46-22-21-43(38)47/h2-25,27H. The summed E-state index contributed by atoms with van der Waals surface area (Å²) in [6.45, 7) is 7.61. The molecule has 0 aliphatic heterocycles. The number of hydrogen-bond donors (Lipinski definition) is 0. The highest BCUT2D eigenvalue weighted by Crippen LogP contribution is 2.41. The zero-order valence-corrected chi connectivity index (χ0v) is 25.7. The van der Waals surface area contributed by atoms with E-state index < -0.39 is 0 Å². The molecule has 3 heterocycles. The number of aromatic nitrogens is 3. The third kappa shape index (κ3) is 4.13. The fourth-order valence-electron chi connectivity index (χ4n) is 7.18. The maximum absolute atomic E-state index is 10.0. The van der Waals surface area contributed by atoms with Crippen molar-refractivity contribution >= 4 is 49.3 Å². The lowest BCUT2D eigenvalue weighted by Crippen LogP contribution is -1.99. The van der Waals surface area contributed by atoms with Gasteiger partial charge in [0.2, 0.25) is 0 Å². The molecule has 0 aliphatic carbocycles. The molecule has 0 bridgehead atoms. The summed E-state index contributed by atoms with van der Waals surface area (Å²) < 4.78 is 4.57. The van der Waals surface area contributed by atoms with Gasteiger partial charge in [-0.05, 0) is 82.7 Å². The Labute approximate surface area is 276 Å². The molecule has 0 saturated carbocycles. The first-order valence-corrected chi connectivity index (χ1v) is 15.7. The maximum Gasteiger partial charge on any atom is 0.188 e. The number of para-hydroxylation sites is 3. The Morgan fingerprint density at radius 3 is 2.12 bits per heavy atom. The van der Waals surface area contributed by atoms with Crippen LogP contribution < -0.4 is 0 Å². The summed E-state index contributed by atoms with van der Waals surface area (Å²) >= 11 is 0. The number of pyridine rings is 1. The van der Waals surface area contributed by atoms with Crippen LogP contribution in [0.1, 0.15) is 5.56 Å². The molecule has 0 atom stereocenters. The summed E-state index contributed by atoms with van der Waals surface area (Å²) in [5.74, 6) is 0. The number of hydrogen-bond acceptors (Lipinski definition) is 2. The summed E-state index contributed by atoms with van der Waals surface area (Å²) in [6, 6.07) is 50.0. The molecule has 0 N–H and O–H groups in total. The molecule has 222 valence electrons. The lowest BCUT2D eigenvalue weighted by atomic mass is 9.91. The van der Waals surface area contributed by atoms with Crippen LogP contribution in [0.4, 0.5) is 5.69 Å². The Hall–Kier alpha value is -6.95. The van der Waals surface area contributed by atoms with Gasteiger partial charge >= 0.3 is 0 Å². The lowest BCUT2D eigenvalue weighted by molar-refractivity contribution is 1.17. The minimum absolute atomic E-state index is 0.600. The molecule has 0 aliphatic rings. The van der Waals surface area contributed by atoms with Gasteiger partial charge in [0.25, 0.3) is 0 Å². The average molecular weight is 612 g/mol.